The van der Waals surface area contributed by atoms with E-state index in [1.807, 2.05) is 12.1 Å². The quantitative estimate of drug-likeness (QED) is 0.535. The van der Waals surface area contributed by atoms with Crippen molar-refractivity contribution in [2.45, 2.75) is 32.9 Å². The Labute approximate surface area is 198 Å². The number of aromatic nitrogens is 3. The fraction of sp³-hybridized carbons (Fsp3) is 0.333. The lowest BCUT2D eigenvalue weighted by Gasteiger charge is -2.32. The van der Waals surface area contributed by atoms with Crippen LogP contribution in [0.5, 0.6) is 5.88 Å². The number of nitriles is 1. The molecular weight excluding hydrogens is 440 g/mol. The van der Waals surface area contributed by atoms with E-state index in [1.165, 1.54) is 0 Å². The van der Waals surface area contributed by atoms with Gasteiger partial charge in [-0.05, 0) is 30.2 Å². The number of fused-ring (bicyclic) bond motifs is 1. The summed E-state index contributed by atoms with van der Waals surface area (Å²) in [6, 6.07) is 11.1. The molecule has 9 heteroatoms. The van der Waals surface area contributed by atoms with E-state index in [4.69, 9.17) is 16.3 Å². The molecule has 2 N–H and O–H groups in total. The summed E-state index contributed by atoms with van der Waals surface area (Å²) in [5.74, 6) is 1.24. The smallest absolute Gasteiger partial charge is 0.212 e. The van der Waals surface area contributed by atoms with Crippen LogP contribution in [-0.4, -0.2) is 40.3 Å². The molecular formula is C24H27ClN6O2. The number of ether oxygens (including phenoxy) is 1. The fourth-order valence-corrected chi connectivity index (χ4v) is 4.05. The van der Waals surface area contributed by atoms with Crippen LogP contribution in [0.1, 0.15) is 42.3 Å². The Hall–Kier alpha value is -3.41. The van der Waals surface area contributed by atoms with Gasteiger partial charge in [0.2, 0.25) is 5.88 Å². The van der Waals surface area contributed by atoms with Gasteiger partial charge < -0.3 is 20.1 Å². The number of nitrogens with one attached hydrogen (secondary N) is 1. The normalized spacial score (nSPS) is 13.3. The van der Waals surface area contributed by atoms with Crippen molar-refractivity contribution >= 4 is 23.1 Å². The first-order chi connectivity index (χ1) is 15.6. The van der Waals surface area contributed by atoms with Gasteiger partial charge in [-0.25, -0.2) is 15.0 Å². The van der Waals surface area contributed by atoms with Crippen LogP contribution in [0.2, 0.25) is 5.02 Å². The maximum absolute atomic E-state index is 9.62. The summed E-state index contributed by atoms with van der Waals surface area (Å²) in [5, 5.41) is 23.2. The van der Waals surface area contributed by atoms with Crippen LogP contribution < -0.4 is 15.0 Å². The van der Waals surface area contributed by atoms with Crippen LogP contribution in [0.4, 0.5) is 11.5 Å². The van der Waals surface area contributed by atoms with E-state index in [2.05, 4.69) is 31.2 Å². The highest BCUT2D eigenvalue weighted by molar-refractivity contribution is 6.30. The largest absolute Gasteiger partial charge is 0.481 e. The third kappa shape index (κ3) is 5.33. The molecule has 0 amide bonds. The lowest BCUT2D eigenvalue weighted by molar-refractivity contribution is 0.279. The molecule has 0 radical (unpaired) electrons. The highest BCUT2D eigenvalue weighted by Crippen LogP contribution is 2.32. The predicted molar refractivity (Wildman–Crippen MR) is 129 cm³/mol. The number of hydrogen-bond acceptors (Lipinski definition) is 8. The van der Waals surface area contributed by atoms with Gasteiger partial charge in [-0.3, -0.25) is 0 Å². The molecule has 0 fully saturated rings. The summed E-state index contributed by atoms with van der Waals surface area (Å²) in [5.41, 5.74) is 4.24. The Bertz CT molecular complexity index is 1130. The molecule has 8 nitrogen and oxygen atoms in total. The van der Waals surface area contributed by atoms with Gasteiger partial charge in [-0.15, -0.1) is 0 Å². The highest BCUT2D eigenvalue weighted by atomic mass is 35.5. The van der Waals surface area contributed by atoms with Crippen LogP contribution in [0.25, 0.3) is 0 Å². The molecule has 3 heterocycles. The molecule has 172 valence electrons. The first-order valence-corrected chi connectivity index (χ1v) is 10.7. The van der Waals surface area contributed by atoms with Crippen molar-refractivity contribution in [1.82, 2.24) is 15.0 Å². The number of benzene rings is 1. The van der Waals surface area contributed by atoms with Crippen molar-refractivity contribution in [3.8, 4) is 11.9 Å². The van der Waals surface area contributed by atoms with E-state index in [-0.39, 0.29) is 20.1 Å². The van der Waals surface area contributed by atoms with E-state index in [9.17, 15) is 10.4 Å². The summed E-state index contributed by atoms with van der Waals surface area (Å²) in [6.45, 7) is 1.31. The minimum Gasteiger partial charge on any atom is -0.481 e. The van der Waals surface area contributed by atoms with Gasteiger partial charge in [0.1, 0.15) is 18.2 Å². The Kier molecular flexibility index (Phi) is 8.04. The molecule has 0 saturated carbocycles. The summed E-state index contributed by atoms with van der Waals surface area (Å²) in [4.78, 5) is 15.4. The van der Waals surface area contributed by atoms with Crippen molar-refractivity contribution in [3.05, 3.63) is 70.3 Å². The zero-order chi connectivity index (χ0) is 22.5. The standard InChI is InChI=1S/C23H23ClN6O2.CH4/c1-32-22-5-2-15(12-26-22)19(7-9-31)29-23-18-13-30(8-6-20(18)27-14-28-23)21-4-3-17(24)10-16(21)11-25;/h2-5,10,12,14,19,31H,6-9,13H2,1H3,(H,27,28,29);1H4/t19-;/m1./s1. The predicted octanol–water partition coefficient (Wildman–Crippen LogP) is 4.14. The van der Waals surface area contributed by atoms with Crippen molar-refractivity contribution in [2.75, 3.05) is 30.5 Å². The topological polar surface area (TPSA) is 107 Å². The Morgan fingerprint density at radius 2 is 2.12 bits per heavy atom. The lowest BCUT2D eigenvalue weighted by atomic mass is 10.0. The molecule has 0 unspecified atom stereocenters. The number of methoxy groups -OCH3 is 1. The SMILES string of the molecule is C.COc1ccc([C@@H](CCO)Nc2ncnc3c2CN(c2ccc(Cl)cc2C#N)CC3)cn1. The number of anilines is 2. The Balaban J connectivity index is 0.00000306. The summed E-state index contributed by atoms with van der Waals surface area (Å²) >= 11 is 6.07. The van der Waals surface area contributed by atoms with Crippen LogP contribution in [-0.2, 0) is 13.0 Å². The molecule has 1 aromatic carbocycles. The molecule has 2 aromatic heterocycles. The molecule has 0 spiro atoms. The molecule has 0 aliphatic carbocycles. The van der Waals surface area contributed by atoms with Crippen molar-refractivity contribution in [2.24, 2.45) is 0 Å². The summed E-state index contributed by atoms with van der Waals surface area (Å²) in [6.07, 6.45) is 4.52. The minimum atomic E-state index is -0.182. The molecule has 3 aromatic rings. The zero-order valence-corrected chi connectivity index (χ0v) is 18.4. The van der Waals surface area contributed by atoms with E-state index in [0.717, 1.165) is 35.5 Å². The number of rotatable bonds is 7. The Morgan fingerprint density at radius 3 is 2.82 bits per heavy atom. The number of pyridine rings is 1. The third-order valence-electron chi connectivity index (χ3n) is 5.52. The Morgan fingerprint density at radius 1 is 1.27 bits per heavy atom. The molecule has 1 aliphatic rings. The molecule has 0 bridgehead atoms. The van der Waals surface area contributed by atoms with Crippen molar-refractivity contribution < 1.29 is 9.84 Å². The molecule has 1 atom stereocenters. The van der Waals surface area contributed by atoms with E-state index in [0.29, 0.717) is 35.2 Å². The van der Waals surface area contributed by atoms with Crippen molar-refractivity contribution in [1.29, 1.82) is 5.26 Å². The zero-order valence-electron chi connectivity index (χ0n) is 17.6. The lowest BCUT2D eigenvalue weighted by Crippen LogP contribution is -2.32. The minimum absolute atomic E-state index is 0. The number of aliphatic hydroxyl groups is 1. The monoisotopic (exact) mass is 466 g/mol. The maximum atomic E-state index is 9.62. The second-order valence-corrected chi connectivity index (χ2v) is 7.87. The van der Waals surface area contributed by atoms with Crippen LogP contribution in [0, 0.1) is 11.3 Å². The highest BCUT2D eigenvalue weighted by Gasteiger charge is 2.24. The van der Waals surface area contributed by atoms with Crippen LogP contribution >= 0.6 is 11.6 Å². The number of aliphatic hydroxyl groups excluding tert-OH is 1. The first-order valence-electron chi connectivity index (χ1n) is 10.3. The second kappa shape index (κ2) is 10.9. The number of hydrogen-bond donors (Lipinski definition) is 2. The van der Waals surface area contributed by atoms with Gasteiger partial charge >= 0.3 is 0 Å². The number of nitrogens with zero attached hydrogens (tertiary/aromatic N) is 5. The van der Waals surface area contributed by atoms with Crippen molar-refractivity contribution in [3.63, 3.8) is 0 Å². The van der Waals surface area contributed by atoms with Gasteiger partial charge in [0.05, 0.1) is 30.1 Å². The van der Waals surface area contributed by atoms with Gasteiger partial charge in [0.25, 0.3) is 0 Å². The van der Waals surface area contributed by atoms with Gasteiger partial charge in [-0.1, -0.05) is 25.1 Å². The maximum Gasteiger partial charge on any atom is 0.212 e. The number of halogens is 1. The molecule has 1 aliphatic heterocycles. The van der Waals surface area contributed by atoms with E-state index in [1.54, 1.807) is 37.8 Å². The fourth-order valence-electron chi connectivity index (χ4n) is 3.88. The van der Waals surface area contributed by atoms with Gasteiger partial charge in [-0.2, -0.15) is 5.26 Å². The first kappa shape index (κ1) is 24.2. The van der Waals surface area contributed by atoms with Gasteiger partial charge in [0.15, 0.2) is 0 Å². The average molecular weight is 467 g/mol. The van der Waals surface area contributed by atoms with Crippen LogP contribution in [0.3, 0.4) is 0 Å². The average Bonchev–Trinajstić information content (AvgIpc) is 2.83. The molecule has 0 saturated heterocycles. The molecule has 33 heavy (non-hydrogen) atoms. The van der Waals surface area contributed by atoms with E-state index < -0.39 is 0 Å². The van der Waals surface area contributed by atoms with E-state index >= 15 is 0 Å². The second-order valence-electron chi connectivity index (χ2n) is 7.44. The summed E-state index contributed by atoms with van der Waals surface area (Å²) < 4.78 is 5.14. The van der Waals surface area contributed by atoms with Gasteiger partial charge in [0, 0.05) is 49.0 Å². The molecule has 4 rings (SSSR count). The third-order valence-corrected chi connectivity index (χ3v) is 5.76. The summed E-state index contributed by atoms with van der Waals surface area (Å²) in [7, 11) is 1.57. The van der Waals surface area contributed by atoms with Crippen LogP contribution in [0.15, 0.2) is 42.9 Å².